The molecule has 0 fully saturated rings. The van der Waals surface area contributed by atoms with E-state index in [0.717, 1.165) is 6.54 Å². The van der Waals surface area contributed by atoms with Crippen molar-refractivity contribution in [1.29, 1.82) is 0 Å². The van der Waals surface area contributed by atoms with Gasteiger partial charge in [0.2, 0.25) is 0 Å². The van der Waals surface area contributed by atoms with E-state index >= 15 is 0 Å². The number of rotatable bonds is 4. The molecule has 0 saturated carbocycles. The van der Waals surface area contributed by atoms with Gasteiger partial charge >= 0.3 is 0 Å². The average Bonchev–Trinajstić information content (AvgIpc) is 2.07. The van der Waals surface area contributed by atoms with Gasteiger partial charge in [-0.2, -0.15) is 0 Å². The fraction of sp³-hybridized carbons (Fsp3) is 0.400. The summed E-state index contributed by atoms with van der Waals surface area (Å²) in [5, 5.41) is 3.35. The Bertz CT molecular complexity index is 186. The molecule has 1 heteroatoms. The topological polar surface area (TPSA) is 12.0 Å². The smallest absolute Gasteiger partial charge is 0.0340 e. The molecule has 0 aliphatic heterocycles. The summed E-state index contributed by atoms with van der Waals surface area (Å²) in [6.45, 7) is 3.28. The van der Waals surface area contributed by atoms with Gasteiger partial charge in [0, 0.05) is 13.7 Å². The zero-order valence-electron chi connectivity index (χ0n) is 7.01. The van der Waals surface area contributed by atoms with Crippen molar-refractivity contribution in [2.24, 2.45) is 0 Å². The van der Waals surface area contributed by atoms with E-state index in [1.165, 1.54) is 18.5 Å². The molecule has 0 amide bonds. The molecule has 1 nitrogen and oxygen atoms in total. The first-order valence-electron chi connectivity index (χ1n) is 4.22. The van der Waals surface area contributed by atoms with E-state index in [1.807, 2.05) is 18.2 Å². The summed E-state index contributed by atoms with van der Waals surface area (Å²) in [5.74, 6) is 0. The van der Waals surface area contributed by atoms with Crippen molar-refractivity contribution in [2.45, 2.75) is 19.8 Å². The Balaban J connectivity index is 0.00000121. The van der Waals surface area contributed by atoms with Crippen LogP contribution in [0.3, 0.4) is 0 Å². The molecule has 0 aliphatic carbocycles. The van der Waals surface area contributed by atoms with Crippen LogP contribution in [0.25, 0.3) is 0 Å². The molecular formula is C10H17N. The van der Waals surface area contributed by atoms with E-state index in [0.29, 0.717) is 0 Å². The van der Waals surface area contributed by atoms with E-state index in [2.05, 4.69) is 24.4 Å². The Kier molecular flexibility index (Phi) is 3.53. The average molecular weight is 151 g/mol. The molecule has 0 bridgehead atoms. The number of anilines is 1. The predicted octanol–water partition coefficient (Wildman–Crippen LogP) is 3.14. The minimum Gasteiger partial charge on any atom is -0.385 e. The maximum atomic E-state index is 3.35. The van der Waals surface area contributed by atoms with E-state index < -0.39 is 0 Å². The highest BCUT2D eigenvalue weighted by molar-refractivity contribution is 5.42. The molecule has 0 atom stereocenters. The van der Waals surface area contributed by atoms with E-state index in [9.17, 15) is 0 Å². The second kappa shape index (κ2) is 4.78. The van der Waals surface area contributed by atoms with Gasteiger partial charge in [0.25, 0.3) is 0 Å². The second-order valence-electron chi connectivity index (χ2n) is 2.65. The molecule has 0 radical (unpaired) electrons. The van der Waals surface area contributed by atoms with Crippen molar-refractivity contribution < 1.29 is 1.43 Å². The maximum absolute atomic E-state index is 3.35. The van der Waals surface area contributed by atoms with Crippen LogP contribution >= 0.6 is 0 Å². The number of benzene rings is 1. The quantitative estimate of drug-likeness (QED) is 0.652. The third-order valence-electron chi connectivity index (χ3n) is 1.63. The standard InChI is InChI=1S/C10H15N.H2/c1-2-3-9-11-10-7-5-4-6-8-10;/h4-8,11H,2-3,9H2,1H3;1H. The van der Waals surface area contributed by atoms with Gasteiger partial charge in [-0.25, -0.2) is 0 Å². The monoisotopic (exact) mass is 151 g/mol. The highest BCUT2D eigenvalue weighted by Gasteiger charge is 1.86. The van der Waals surface area contributed by atoms with Crippen molar-refractivity contribution in [3.8, 4) is 0 Å². The predicted molar refractivity (Wildman–Crippen MR) is 52.0 cm³/mol. The summed E-state index contributed by atoms with van der Waals surface area (Å²) in [6, 6.07) is 10.3. The first kappa shape index (κ1) is 8.12. The molecule has 11 heavy (non-hydrogen) atoms. The Labute approximate surface area is 69.9 Å². The minimum atomic E-state index is 0. The molecule has 0 heterocycles. The van der Waals surface area contributed by atoms with Crippen LogP contribution in [0.5, 0.6) is 0 Å². The van der Waals surface area contributed by atoms with Crippen molar-refractivity contribution in [3.63, 3.8) is 0 Å². The molecule has 0 spiro atoms. The number of hydrogen-bond donors (Lipinski definition) is 1. The Morgan fingerprint density at radius 2 is 2.00 bits per heavy atom. The van der Waals surface area contributed by atoms with E-state index in [4.69, 9.17) is 0 Å². The van der Waals surface area contributed by atoms with Gasteiger partial charge in [-0.05, 0) is 18.6 Å². The maximum Gasteiger partial charge on any atom is 0.0340 e. The van der Waals surface area contributed by atoms with Crippen LogP contribution in [0.15, 0.2) is 30.3 Å². The summed E-state index contributed by atoms with van der Waals surface area (Å²) in [6.07, 6.45) is 2.49. The van der Waals surface area contributed by atoms with Crippen LogP contribution in [0.1, 0.15) is 21.2 Å². The van der Waals surface area contributed by atoms with Gasteiger partial charge in [-0.1, -0.05) is 31.5 Å². The molecule has 0 aliphatic rings. The van der Waals surface area contributed by atoms with Gasteiger partial charge in [-0.3, -0.25) is 0 Å². The van der Waals surface area contributed by atoms with Crippen LogP contribution in [0.4, 0.5) is 5.69 Å². The fourth-order valence-electron chi connectivity index (χ4n) is 0.966. The zero-order valence-corrected chi connectivity index (χ0v) is 7.01. The van der Waals surface area contributed by atoms with Gasteiger partial charge in [0.05, 0.1) is 0 Å². The minimum absolute atomic E-state index is 0. The summed E-state index contributed by atoms with van der Waals surface area (Å²) < 4.78 is 0. The number of para-hydroxylation sites is 1. The highest BCUT2D eigenvalue weighted by Crippen LogP contribution is 2.04. The lowest BCUT2D eigenvalue weighted by Crippen LogP contribution is -1.99. The summed E-state index contributed by atoms with van der Waals surface area (Å²) in [4.78, 5) is 0. The SMILES string of the molecule is CCCCNc1ccccc1.[HH]. The largest absolute Gasteiger partial charge is 0.385 e. The molecule has 1 aromatic carbocycles. The third kappa shape index (κ3) is 3.08. The highest BCUT2D eigenvalue weighted by atomic mass is 14.9. The molecule has 62 valence electrons. The van der Waals surface area contributed by atoms with Gasteiger partial charge in [0.1, 0.15) is 0 Å². The van der Waals surface area contributed by atoms with Gasteiger partial charge < -0.3 is 5.32 Å². The molecule has 1 aromatic rings. The Hall–Kier alpha value is -0.980. The lowest BCUT2D eigenvalue weighted by Gasteiger charge is -2.03. The van der Waals surface area contributed by atoms with Crippen molar-refractivity contribution in [3.05, 3.63) is 30.3 Å². The van der Waals surface area contributed by atoms with Crippen LogP contribution in [-0.4, -0.2) is 6.54 Å². The summed E-state index contributed by atoms with van der Waals surface area (Å²) in [5.41, 5.74) is 1.22. The Morgan fingerprint density at radius 1 is 1.27 bits per heavy atom. The van der Waals surface area contributed by atoms with Crippen LogP contribution in [0.2, 0.25) is 0 Å². The first-order valence-corrected chi connectivity index (χ1v) is 4.22. The zero-order chi connectivity index (χ0) is 7.94. The second-order valence-corrected chi connectivity index (χ2v) is 2.65. The molecule has 0 aromatic heterocycles. The van der Waals surface area contributed by atoms with Crippen molar-refractivity contribution >= 4 is 5.69 Å². The van der Waals surface area contributed by atoms with E-state index in [-0.39, 0.29) is 1.43 Å². The van der Waals surface area contributed by atoms with Gasteiger partial charge in [0.15, 0.2) is 0 Å². The van der Waals surface area contributed by atoms with Crippen molar-refractivity contribution in [2.75, 3.05) is 11.9 Å². The van der Waals surface area contributed by atoms with Crippen molar-refractivity contribution in [1.82, 2.24) is 0 Å². The van der Waals surface area contributed by atoms with Crippen LogP contribution < -0.4 is 5.32 Å². The lowest BCUT2D eigenvalue weighted by atomic mass is 10.3. The molecule has 0 unspecified atom stereocenters. The first-order chi connectivity index (χ1) is 5.43. The molecule has 1 N–H and O–H groups in total. The number of hydrogen-bond acceptors (Lipinski definition) is 1. The fourth-order valence-corrected chi connectivity index (χ4v) is 0.966. The number of nitrogens with one attached hydrogen (secondary N) is 1. The Morgan fingerprint density at radius 3 is 2.64 bits per heavy atom. The summed E-state index contributed by atoms with van der Waals surface area (Å²) >= 11 is 0. The summed E-state index contributed by atoms with van der Waals surface area (Å²) in [7, 11) is 0. The molecule has 0 saturated heterocycles. The van der Waals surface area contributed by atoms with Gasteiger partial charge in [-0.15, -0.1) is 0 Å². The lowest BCUT2D eigenvalue weighted by molar-refractivity contribution is 0.834. The molecular weight excluding hydrogens is 134 g/mol. The third-order valence-corrected chi connectivity index (χ3v) is 1.63. The van der Waals surface area contributed by atoms with Crippen LogP contribution in [0, 0.1) is 0 Å². The normalized spacial score (nSPS) is 9.55. The number of unbranched alkanes of at least 4 members (excludes halogenated alkanes) is 1. The molecule has 1 rings (SSSR count). The van der Waals surface area contributed by atoms with E-state index in [1.54, 1.807) is 0 Å². The van der Waals surface area contributed by atoms with Crippen LogP contribution in [-0.2, 0) is 0 Å².